The van der Waals surface area contributed by atoms with Gasteiger partial charge in [0, 0.05) is 0 Å². The summed E-state index contributed by atoms with van der Waals surface area (Å²) in [6.07, 6.45) is 0. The molecule has 84 valence electrons. The first-order valence-electron chi connectivity index (χ1n) is 4.61. The molecule has 4 nitrogen and oxygen atoms in total. The maximum atomic E-state index is 12.9. The molecule has 0 amide bonds. The van der Waals surface area contributed by atoms with Crippen LogP contribution in [0.25, 0.3) is 10.2 Å². The number of hydrogen-bond acceptors (Lipinski definition) is 4. The van der Waals surface area contributed by atoms with Gasteiger partial charge in [-0.25, -0.2) is 9.37 Å². The average molecular weight is 240 g/mol. The van der Waals surface area contributed by atoms with Crippen LogP contribution in [0.2, 0.25) is 0 Å². The first kappa shape index (κ1) is 10.8. The van der Waals surface area contributed by atoms with E-state index in [1.807, 2.05) is 0 Å². The lowest BCUT2D eigenvalue weighted by atomic mass is 10.3. The molecule has 1 aromatic heterocycles. The Morgan fingerprint density at radius 3 is 3.06 bits per heavy atom. The largest absolute Gasteiger partial charge is 0.480 e. The number of carbonyl (C=O) groups is 1. The number of aliphatic carboxylic acids is 1. The molecule has 0 saturated carbocycles. The molecule has 6 heteroatoms. The maximum absolute atomic E-state index is 12.9. The lowest BCUT2D eigenvalue weighted by Gasteiger charge is -2.05. The van der Waals surface area contributed by atoms with E-state index in [1.165, 1.54) is 30.4 Å². The van der Waals surface area contributed by atoms with Gasteiger partial charge in [0.2, 0.25) is 0 Å². The number of fused-ring (bicyclic) bond motifs is 1. The van der Waals surface area contributed by atoms with E-state index in [4.69, 9.17) is 5.11 Å². The van der Waals surface area contributed by atoms with Crippen molar-refractivity contribution in [2.24, 2.45) is 0 Å². The van der Waals surface area contributed by atoms with Gasteiger partial charge in [-0.3, -0.25) is 4.79 Å². The van der Waals surface area contributed by atoms with Crippen molar-refractivity contribution in [2.75, 3.05) is 5.32 Å². The van der Waals surface area contributed by atoms with Crippen LogP contribution in [0.5, 0.6) is 0 Å². The molecule has 0 aliphatic rings. The highest BCUT2D eigenvalue weighted by molar-refractivity contribution is 7.22. The number of hydrogen-bond donors (Lipinski definition) is 2. The van der Waals surface area contributed by atoms with Crippen molar-refractivity contribution < 1.29 is 14.3 Å². The summed E-state index contributed by atoms with van der Waals surface area (Å²) in [7, 11) is 0. The monoisotopic (exact) mass is 240 g/mol. The van der Waals surface area contributed by atoms with Gasteiger partial charge in [0.05, 0.1) is 10.2 Å². The number of nitrogens with one attached hydrogen (secondary N) is 1. The Hall–Kier alpha value is -1.69. The second-order valence-electron chi connectivity index (χ2n) is 3.34. The molecule has 1 aromatic carbocycles. The van der Waals surface area contributed by atoms with Crippen LogP contribution in [0, 0.1) is 5.82 Å². The molecule has 1 heterocycles. The minimum Gasteiger partial charge on any atom is -0.480 e. The first-order valence-corrected chi connectivity index (χ1v) is 5.43. The van der Waals surface area contributed by atoms with Crippen molar-refractivity contribution >= 4 is 32.7 Å². The Balaban J connectivity index is 2.29. The molecule has 0 aliphatic carbocycles. The summed E-state index contributed by atoms with van der Waals surface area (Å²) in [5.41, 5.74) is 0.659. The van der Waals surface area contributed by atoms with Crippen LogP contribution in [0.4, 0.5) is 9.52 Å². The van der Waals surface area contributed by atoms with Crippen molar-refractivity contribution in [1.29, 1.82) is 0 Å². The van der Waals surface area contributed by atoms with Crippen LogP contribution >= 0.6 is 11.3 Å². The quantitative estimate of drug-likeness (QED) is 0.864. The summed E-state index contributed by atoms with van der Waals surface area (Å²) in [5.74, 6) is -1.28. The Morgan fingerprint density at radius 2 is 2.38 bits per heavy atom. The second kappa shape index (κ2) is 4.05. The van der Waals surface area contributed by atoms with Gasteiger partial charge in [-0.1, -0.05) is 11.3 Å². The summed E-state index contributed by atoms with van der Waals surface area (Å²) < 4.78 is 13.6. The first-order chi connectivity index (χ1) is 7.56. The van der Waals surface area contributed by atoms with Crippen LogP contribution in [0.3, 0.4) is 0 Å². The van der Waals surface area contributed by atoms with E-state index in [1.54, 1.807) is 6.07 Å². The fourth-order valence-corrected chi connectivity index (χ4v) is 2.18. The van der Waals surface area contributed by atoms with Crippen LogP contribution in [-0.2, 0) is 4.79 Å². The minimum atomic E-state index is -0.953. The van der Waals surface area contributed by atoms with Crippen molar-refractivity contribution in [3.8, 4) is 0 Å². The number of anilines is 1. The standard InChI is InChI=1S/C10H9FN2O2S/c1-5(9(14)15)12-10-13-7-3-2-6(11)4-8(7)16-10/h2-5H,1H3,(H,12,13)(H,14,15). The highest BCUT2D eigenvalue weighted by atomic mass is 32.1. The van der Waals surface area contributed by atoms with Crippen molar-refractivity contribution in [3.63, 3.8) is 0 Å². The summed E-state index contributed by atoms with van der Waals surface area (Å²) in [6.45, 7) is 1.52. The number of carboxylic acid groups (broad SMARTS) is 1. The van der Waals surface area contributed by atoms with E-state index in [9.17, 15) is 9.18 Å². The number of nitrogens with zero attached hydrogens (tertiary/aromatic N) is 1. The van der Waals surface area contributed by atoms with Gasteiger partial charge in [-0.05, 0) is 25.1 Å². The van der Waals surface area contributed by atoms with Crippen LogP contribution in [-0.4, -0.2) is 22.1 Å². The molecule has 1 unspecified atom stereocenters. The zero-order valence-corrected chi connectivity index (χ0v) is 9.21. The molecule has 2 rings (SSSR count). The lowest BCUT2D eigenvalue weighted by Crippen LogP contribution is -2.25. The predicted molar refractivity (Wildman–Crippen MR) is 60.3 cm³/mol. The van der Waals surface area contributed by atoms with Gasteiger partial charge in [0.25, 0.3) is 0 Å². The number of rotatable bonds is 3. The molecule has 0 radical (unpaired) electrons. The van der Waals surface area contributed by atoms with E-state index in [2.05, 4.69) is 10.3 Å². The van der Waals surface area contributed by atoms with Crippen molar-refractivity contribution in [3.05, 3.63) is 24.0 Å². The summed E-state index contributed by atoms with van der Waals surface area (Å²) in [5, 5.41) is 11.9. The number of aromatic nitrogens is 1. The van der Waals surface area contributed by atoms with Crippen LogP contribution in [0.1, 0.15) is 6.92 Å². The molecule has 2 aromatic rings. The topological polar surface area (TPSA) is 62.2 Å². The Kier molecular flexibility index (Phi) is 2.74. The van der Waals surface area contributed by atoms with Crippen molar-refractivity contribution in [2.45, 2.75) is 13.0 Å². The minimum absolute atomic E-state index is 0.325. The predicted octanol–water partition coefficient (Wildman–Crippen LogP) is 2.32. The molecule has 1 atom stereocenters. The number of carboxylic acids is 1. The molecule has 0 saturated heterocycles. The second-order valence-corrected chi connectivity index (χ2v) is 4.37. The van der Waals surface area contributed by atoms with E-state index in [0.717, 1.165) is 0 Å². The molecular formula is C10H9FN2O2S. The third-order valence-corrected chi connectivity index (χ3v) is 3.01. The molecular weight excluding hydrogens is 231 g/mol. The Morgan fingerprint density at radius 1 is 1.62 bits per heavy atom. The fraction of sp³-hybridized carbons (Fsp3) is 0.200. The summed E-state index contributed by atoms with van der Waals surface area (Å²) >= 11 is 1.23. The van der Waals surface area contributed by atoms with E-state index in [0.29, 0.717) is 15.3 Å². The number of thiazole rings is 1. The third-order valence-electron chi connectivity index (χ3n) is 2.06. The fourth-order valence-electron chi connectivity index (χ4n) is 1.21. The SMILES string of the molecule is CC(Nc1nc2ccc(F)cc2s1)C(=O)O. The summed E-state index contributed by atoms with van der Waals surface area (Å²) in [6, 6.07) is 3.55. The van der Waals surface area contributed by atoms with Crippen molar-refractivity contribution in [1.82, 2.24) is 4.98 Å². The average Bonchev–Trinajstić information content (AvgIpc) is 2.58. The number of halogens is 1. The normalized spacial score (nSPS) is 12.6. The van der Waals surface area contributed by atoms with E-state index in [-0.39, 0.29) is 5.82 Å². The van der Waals surface area contributed by atoms with E-state index < -0.39 is 12.0 Å². The lowest BCUT2D eigenvalue weighted by molar-refractivity contribution is -0.137. The van der Waals surface area contributed by atoms with E-state index >= 15 is 0 Å². The van der Waals surface area contributed by atoms with Gasteiger partial charge >= 0.3 is 5.97 Å². The van der Waals surface area contributed by atoms with Gasteiger partial charge in [-0.15, -0.1) is 0 Å². The molecule has 0 aliphatic heterocycles. The molecule has 16 heavy (non-hydrogen) atoms. The molecule has 0 fully saturated rings. The zero-order chi connectivity index (χ0) is 11.7. The van der Waals surface area contributed by atoms with Gasteiger partial charge in [0.15, 0.2) is 5.13 Å². The van der Waals surface area contributed by atoms with Crippen LogP contribution < -0.4 is 5.32 Å². The highest BCUT2D eigenvalue weighted by Crippen LogP contribution is 2.26. The highest BCUT2D eigenvalue weighted by Gasteiger charge is 2.12. The molecule has 0 bridgehead atoms. The Bertz CT molecular complexity index is 541. The third kappa shape index (κ3) is 2.11. The van der Waals surface area contributed by atoms with Crippen LogP contribution in [0.15, 0.2) is 18.2 Å². The van der Waals surface area contributed by atoms with Gasteiger partial charge in [-0.2, -0.15) is 0 Å². The molecule has 2 N–H and O–H groups in total. The smallest absolute Gasteiger partial charge is 0.325 e. The maximum Gasteiger partial charge on any atom is 0.325 e. The zero-order valence-electron chi connectivity index (χ0n) is 8.40. The summed E-state index contributed by atoms with van der Waals surface area (Å²) in [4.78, 5) is 14.8. The van der Waals surface area contributed by atoms with Gasteiger partial charge < -0.3 is 10.4 Å². The van der Waals surface area contributed by atoms with Gasteiger partial charge in [0.1, 0.15) is 11.9 Å². The molecule has 0 spiro atoms. The number of benzene rings is 1. The Labute approximate surface area is 94.7 Å².